The van der Waals surface area contributed by atoms with Gasteiger partial charge >= 0.3 is 0 Å². The molecule has 28 heavy (non-hydrogen) atoms. The van der Waals surface area contributed by atoms with E-state index in [0.717, 1.165) is 22.4 Å². The van der Waals surface area contributed by atoms with Crippen molar-refractivity contribution in [2.75, 3.05) is 20.8 Å². The summed E-state index contributed by atoms with van der Waals surface area (Å²) in [6.45, 7) is 0.374. The van der Waals surface area contributed by atoms with Gasteiger partial charge in [-0.25, -0.2) is 0 Å². The summed E-state index contributed by atoms with van der Waals surface area (Å²) in [5.74, 6) is 0.338. The summed E-state index contributed by atoms with van der Waals surface area (Å²) in [5.41, 5.74) is 2.88. The molecule has 3 aromatic rings. The first kappa shape index (κ1) is 19.6. The molecule has 0 aliphatic rings. The molecule has 0 aromatic heterocycles. The Bertz CT molecular complexity index is 841. The molecule has 1 unspecified atom stereocenters. The summed E-state index contributed by atoms with van der Waals surface area (Å²) in [6.07, 6.45) is -0.258. The third kappa shape index (κ3) is 4.78. The van der Waals surface area contributed by atoms with Crippen LogP contribution in [0.5, 0.6) is 5.75 Å². The van der Waals surface area contributed by atoms with Crippen LogP contribution in [0.15, 0.2) is 84.9 Å². The number of amides is 1. The fourth-order valence-corrected chi connectivity index (χ4v) is 3.26. The molecule has 1 N–H and O–H groups in total. The highest BCUT2D eigenvalue weighted by Gasteiger charge is 2.23. The summed E-state index contributed by atoms with van der Waals surface area (Å²) in [6, 6.07) is 27.3. The lowest BCUT2D eigenvalue weighted by atomic mass is 9.90. The summed E-state index contributed by atoms with van der Waals surface area (Å²) in [7, 11) is 3.27. The maximum Gasteiger partial charge on any atom is 0.232 e. The van der Waals surface area contributed by atoms with E-state index in [1.54, 1.807) is 14.2 Å². The van der Waals surface area contributed by atoms with E-state index in [9.17, 15) is 4.79 Å². The van der Waals surface area contributed by atoms with Gasteiger partial charge in [-0.3, -0.25) is 4.79 Å². The zero-order valence-corrected chi connectivity index (χ0v) is 16.2. The first-order chi connectivity index (χ1) is 13.7. The number of rotatable bonds is 8. The summed E-state index contributed by atoms with van der Waals surface area (Å²) in [5, 5.41) is 3.06. The highest BCUT2D eigenvalue weighted by molar-refractivity contribution is 5.87. The second-order valence-corrected chi connectivity index (χ2v) is 6.50. The lowest BCUT2D eigenvalue weighted by Crippen LogP contribution is -2.33. The van der Waals surface area contributed by atoms with E-state index in [1.807, 2.05) is 84.9 Å². The Morgan fingerprint density at radius 2 is 1.39 bits per heavy atom. The average molecular weight is 375 g/mol. The molecule has 0 spiro atoms. The number of benzene rings is 3. The van der Waals surface area contributed by atoms with Crippen molar-refractivity contribution in [2.24, 2.45) is 0 Å². The van der Waals surface area contributed by atoms with Crippen LogP contribution in [0.4, 0.5) is 0 Å². The fourth-order valence-electron chi connectivity index (χ4n) is 3.26. The maximum atomic E-state index is 13.1. The molecule has 0 saturated heterocycles. The van der Waals surface area contributed by atoms with Gasteiger partial charge < -0.3 is 14.8 Å². The van der Waals surface area contributed by atoms with Gasteiger partial charge in [0.05, 0.1) is 19.1 Å². The second kappa shape index (κ2) is 9.72. The Morgan fingerprint density at radius 3 is 1.93 bits per heavy atom. The first-order valence-electron chi connectivity index (χ1n) is 9.27. The number of methoxy groups -OCH3 is 2. The molecular formula is C24H25NO3. The maximum absolute atomic E-state index is 13.1. The Hall–Kier alpha value is -3.11. The Balaban J connectivity index is 1.78. The molecule has 0 aliphatic heterocycles. The van der Waals surface area contributed by atoms with Crippen molar-refractivity contribution >= 4 is 5.91 Å². The van der Waals surface area contributed by atoms with Crippen molar-refractivity contribution < 1.29 is 14.3 Å². The van der Waals surface area contributed by atoms with E-state index >= 15 is 0 Å². The molecular weight excluding hydrogens is 350 g/mol. The number of carbonyl (C=O) groups excluding carboxylic acids is 1. The van der Waals surface area contributed by atoms with E-state index < -0.39 is 0 Å². The van der Waals surface area contributed by atoms with Crippen LogP contribution in [0.2, 0.25) is 0 Å². The summed E-state index contributed by atoms with van der Waals surface area (Å²) >= 11 is 0. The smallest absolute Gasteiger partial charge is 0.232 e. The van der Waals surface area contributed by atoms with E-state index in [1.165, 1.54) is 0 Å². The molecule has 0 radical (unpaired) electrons. The van der Waals surface area contributed by atoms with Crippen LogP contribution in [-0.4, -0.2) is 26.7 Å². The van der Waals surface area contributed by atoms with Gasteiger partial charge in [0.15, 0.2) is 0 Å². The topological polar surface area (TPSA) is 47.6 Å². The zero-order chi connectivity index (χ0) is 19.8. The van der Waals surface area contributed by atoms with Crippen molar-refractivity contribution in [1.82, 2.24) is 5.32 Å². The van der Waals surface area contributed by atoms with Crippen LogP contribution in [0.3, 0.4) is 0 Å². The molecule has 4 heteroatoms. The predicted octanol–water partition coefficient (Wildman–Crippen LogP) is 4.33. The highest BCUT2D eigenvalue weighted by atomic mass is 16.5. The van der Waals surface area contributed by atoms with Gasteiger partial charge in [-0.2, -0.15) is 0 Å². The predicted molar refractivity (Wildman–Crippen MR) is 110 cm³/mol. The van der Waals surface area contributed by atoms with Crippen molar-refractivity contribution in [3.8, 4) is 5.75 Å². The number of hydrogen-bond acceptors (Lipinski definition) is 3. The summed E-state index contributed by atoms with van der Waals surface area (Å²) in [4.78, 5) is 13.1. The van der Waals surface area contributed by atoms with Crippen molar-refractivity contribution in [3.05, 3.63) is 102 Å². The van der Waals surface area contributed by atoms with Gasteiger partial charge in [0.1, 0.15) is 5.75 Å². The fraction of sp³-hybridized carbons (Fsp3) is 0.208. The SMILES string of the molecule is COc1cccc(C(CNC(=O)C(c2ccccc2)c2ccccc2)OC)c1. The van der Waals surface area contributed by atoms with Gasteiger partial charge in [0.25, 0.3) is 0 Å². The van der Waals surface area contributed by atoms with Gasteiger partial charge in [-0.05, 0) is 28.8 Å². The molecule has 0 saturated carbocycles. The molecule has 0 aliphatic carbocycles. The van der Waals surface area contributed by atoms with Crippen LogP contribution < -0.4 is 10.1 Å². The number of nitrogens with one attached hydrogen (secondary N) is 1. The van der Waals surface area contributed by atoms with Crippen LogP contribution in [-0.2, 0) is 9.53 Å². The Labute approximate surface area is 166 Å². The molecule has 0 bridgehead atoms. The van der Waals surface area contributed by atoms with Gasteiger partial charge in [0, 0.05) is 13.7 Å². The van der Waals surface area contributed by atoms with Crippen molar-refractivity contribution in [2.45, 2.75) is 12.0 Å². The minimum Gasteiger partial charge on any atom is -0.497 e. The Kier molecular flexibility index (Phi) is 6.82. The van der Waals surface area contributed by atoms with E-state index in [2.05, 4.69) is 5.32 Å². The zero-order valence-electron chi connectivity index (χ0n) is 16.2. The lowest BCUT2D eigenvalue weighted by molar-refractivity contribution is -0.122. The van der Waals surface area contributed by atoms with Crippen LogP contribution >= 0.6 is 0 Å². The minimum absolute atomic E-state index is 0.0534. The average Bonchev–Trinajstić information content (AvgIpc) is 2.76. The molecule has 1 atom stereocenters. The molecule has 4 nitrogen and oxygen atoms in total. The minimum atomic E-state index is -0.370. The first-order valence-corrected chi connectivity index (χ1v) is 9.27. The Morgan fingerprint density at radius 1 is 0.821 bits per heavy atom. The molecule has 0 heterocycles. The monoisotopic (exact) mass is 375 g/mol. The molecule has 144 valence electrons. The second-order valence-electron chi connectivity index (χ2n) is 6.50. The standard InChI is InChI=1S/C24H25NO3/c1-27-21-15-9-14-20(16-21)22(28-2)17-25-24(26)23(18-10-5-3-6-11-18)19-12-7-4-8-13-19/h3-16,22-23H,17H2,1-2H3,(H,25,26). The third-order valence-corrected chi connectivity index (χ3v) is 4.74. The molecule has 3 aromatic carbocycles. The lowest BCUT2D eigenvalue weighted by Gasteiger charge is -2.21. The van der Waals surface area contributed by atoms with E-state index in [0.29, 0.717) is 6.54 Å². The third-order valence-electron chi connectivity index (χ3n) is 4.74. The normalized spacial score (nSPS) is 11.8. The van der Waals surface area contributed by atoms with Crippen LogP contribution in [0.1, 0.15) is 28.7 Å². The largest absolute Gasteiger partial charge is 0.497 e. The number of ether oxygens (including phenoxy) is 2. The van der Waals surface area contributed by atoms with Crippen LogP contribution in [0.25, 0.3) is 0 Å². The number of hydrogen-bond donors (Lipinski definition) is 1. The quantitative estimate of drug-likeness (QED) is 0.637. The molecule has 3 rings (SSSR count). The van der Waals surface area contributed by atoms with E-state index in [-0.39, 0.29) is 17.9 Å². The highest BCUT2D eigenvalue weighted by Crippen LogP contribution is 2.26. The van der Waals surface area contributed by atoms with Crippen molar-refractivity contribution in [1.29, 1.82) is 0 Å². The van der Waals surface area contributed by atoms with Gasteiger partial charge in [0.2, 0.25) is 5.91 Å². The van der Waals surface area contributed by atoms with Gasteiger partial charge in [-0.1, -0.05) is 72.8 Å². The van der Waals surface area contributed by atoms with E-state index in [4.69, 9.17) is 9.47 Å². The van der Waals surface area contributed by atoms with Gasteiger partial charge in [-0.15, -0.1) is 0 Å². The molecule has 0 fully saturated rings. The van der Waals surface area contributed by atoms with Crippen LogP contribution in [0, 0.1) is 0 Å². The summed E-state index contributed by atoms with van der Waals surface area (Å²) < 4.78 is 10.9. The number of carbonyl (C=O) groups is 1. The molecule has 1 amide bonds. The van der Waals surface area contributed by atoms with Crippen molar-refractivity contribution in [3.63, 3.8) is 0 Å².